The first-order chi connectivity index (χ1) is 4.27. The molecule has 0 spiro atoms. The molecule has 1 radical (unpaired) electrons. The van der Waals surface area contributed by atoms with Crippen LogP contribution in [0.25, 0.3) is 0 Å². The largest absolute Gasteiger partial charge is 0.357 e. The Morgan fingerprint density at radius 2 is 2.56 bits per heavy atom. The lowest BCUT2D eigenvalue weighted by Crippen LogP contribution is -2.43. The lowest BCUT2D eigenvalue weighted by Gasteiger charge is -2.24. The van der Waals surface area contributed by atoms with Gasteiger partial charge in [0.15, 0.2) is 5.72 Å². The van der Waals surface area contributed by atoms with Crippen LogP contribution in [-0.2, 0) is 4.74 Å². The maximum Gasteiger partial charge on any atom is 0.171 e. The van der Waals surface area contributed by atoms with Gasteiger partial charge in [0.2, 0.25) is 0 Å². The van der Waals surface area contributed by atoms with E-state index in [1.54, 1.807) is 19.5 Å². The van der Waals surface area contributed by atoms with E-state index >= 15 is 0 Å². The van der Waals surface area contributed by atoms with Gasteiger partial charge in [-0.05, 0) is 6.92 Å². The van der Waals surface area contributed by atoms with Crippen molar-refractivity contribution in [2.24, 2.45) is 4.99 Å². The van der Waals surface area contributed by atoms with Crippen molar-refractivity contribution >= 4 is 6.21 Å². The topological polar surface area (TPSA) is 33.6 Å². The average Bonchev–Trinajstić information content (AvgIpc) is 1.90. The Morgan fingerprint density at radius 3 is 2.89 bits per heavy atom. The van der Waals surface area contributed by atoms with Gasteiger partial charge in [-0.3, -0.25) is 4.99 Å². The van der Waals surface area contributed by atoms with E-state index < -0.39 is 5.72 Å². The SMILES string of the molecule is COC1(C)C=N[C]=CN1. The third-order valence-electron chi connectivity index (χ3n) is 1.23. The van der Waals surface area contributed by atoms with Gasteiger partial charge < -0.3 is 10.1 Å². The molecule has 1 N–H and O–H groups in total. The molecule has 3 heteroatoms. The van der Waals surface area contributed by atoms with Gasteiger partial charge in [0.05, 0.1) is 6.21 Å². The van der Waals surface area contributed by atoms with Gasteiger partial charge in [0.25, 0.3) is 0 Å². The van der Waals surface area contributed by atoms with Gasteiger partial charge in [-0.1, -0.05) is 0 Å². The van der Waals surface area contributed by atoms with Gasteiger partial charge >= 0.3 is 0 Å². The fourth-order valence-electron chi connectivity index (χ4n) is 0.522. The molecule has 0 aromatic rings. The number of hydrogen-bond donors (Lipinski definition) is 1. The van der Waals surface area contributed by atoms with Crippen molar-refractivity contribution in [2.75, 3.05) is 7.11 Å². The summed E-state index contributed by atoms with van der Waals surface area (Å²) in [6.07, 6.45) is 5.92. The first-order valence-electron chi connectivity index (χ1n) is 2.71. The summed E-state index contributed by atoms with van der Waals surface area (Å²) in [6.45, 7) is 1.88. The zero-order valence-corrected chi connectivity index (χ0v) is 5.51. The van der Waals surface area contributed by atoms with Crippen LogP contribution in [0, 0.1) is 6.20 Å². The van der Waals surface area contributed by atoms with Gasteiger partial charge in [-0.15, -0.1) is 0 Å². The number of nitrogens with zero attached hydrogens (tertiary/aromatic N) is 1. The Labute approximate surface area is 54.4 Å². The van der Waals surface area contributed by atoms with Crippen LogP contribution < -0.4 is 5.32 Å². The summed E-state index contributed by atoms with van der Waals surface area (Å²) in [7, 11) is 1.62. The highest BCUT2D eigenvalue weighted by Crippen LogP contribution is 2.03. The van der Waals surface area contributed by atoms with E-state index in [9.17, 15) is 0 Å². The molecule has 0 aromatic heterocycles. The lowest BCUT2D eigenvalue weighted by atomic mass is 10.3. The van der Waals surface area contributed by atoms with Crippen molar-refractivity contribution in [3.8, 4) is 0 Å². The Balaban J connectivity index is 2.63. The zero-order valence-electron chi connectivity index (χ0n) is 5.51. The molecule has 0 bridgehead atoms. The molecule has 0 saturated heterocycles. The lowest BCUT2D eigenvalue weighted by molar-refractivity contribution is 0.0515. The summed E-state index contributed by atoms with van der Waals surface area (Å²) in [6, 6.07) is 0. The zero-order chi connectivity index (χ0) is 6.74. The molecular formula is C6H9N2O. The monoisotopic (exact) mass is 125 g/mol. The predicted molar refractivity (Wildman–Crippen MR) is 34.9 cm³/mol. The van der Waals surface area contributed by atoms with Crippen molar-refractivity contribution in [1.82, 2.24) is 5.32 Å². The van der Waals surface area contributed by atoms with Crippen molar-refractivity contribution in [3.05, 3.63) is 12.4 Å². The molecule has 9 heavy (non-hydrogen) atoms. The molecule has 3 nitrogen and oxygen atoms in total. The third kappa shape index (κ3) is 1.29. The molecule has 0 fully saturated rings. The first kappa shape index (κ1) is 6.29. The van der Waals surface area contributed by atoms with E-state index in [0.717, 1.165) is 0 Å². The van der Waals surface area contributed by atoms with Gasteiger partial charge in [0.1, 0.15) is 6.20 Å². The van der Waals surface area contributed by atoms with Crippen LogP contribution in [0.5, 0.6) is 0 Å². The van der Waals surface area contributed by atoms with E-state index in [0.29, 0.717) is 0 Å². The third-order valence-corrected chi connectivity index (χ3v) is 1.23. The van der Waals surface area contributed by atoms with Crippen molar-refractivity contribution in [3.63, 3.8) is 0 Å². The molecule has 0 aliphatic carbocycles. The van der Waals surface area contributed by atoms with Crippen molar-refractivity contribution in [2.45, 2.75) is 12.6 Å². The summed E-state index contributed by atoms with van der Waals surface area (Å²) in [5.74, 6) is 0. The standard InChI is InChI=1S/C6H9N2O/c1-6(9-2)5-7-3-4-8-6/h4-5,8H,1-2H3. The Bertz CT molecular complexity index is 153. The second-order valence-corrected chi connectivity index (χ2v) is 1.99. The normalized spacial score (nSPS) is 32.2. The predicted octanol–water partition coefficient (Wildman–Crippen LogP) is 0.297. The fourth-order valence-corrected chi connectivity index (χ4v) is 0.522. The maximum atomic E-state index is 5.05. The molecule has 1 aliphatic heterocycles. The molecule has 1 atom stereocenters. The summed E-state index contributed by atoms with van der Waals surface area (Å²) in [4.78, 5) is 3.78. The molecular weight excluding hydrogens is 116 g/mol. The smallest absolute Gasteiger partial charge is 0.171 e. The molecule has 0 amide bonds. The summed E-state index contributed by atoms with van der Waals surface area (Å²) in [5, 5.41) is 2.94. The van der Waals surface area contributed by atoms with Gasteiger partial charge in [-0.2, -0.15) is 0 Å². The second kappa shape index (κ2) is 2.19. The minimum atomic E-state index is -0.439. The molecule has 49 valence electrons. The van der Waals surface area contributed by atoms with E-state index in [4.69, 9.17) is 4.74 Å². The Kier molecular flexibility index (Phi) is 1.53. The Hall–Kier alpha value is -0.830. The van der Waals surface area contributed by atoms with E-state index in [1.807, 2.05) is 6.92 Å². The Morgan fingerprint density at radius 1 is 1.78 bits per heavy atom. The van der Waals surface area contributed by atoms with Crippen LogP contribution >= 0.6 is 0 Å². The molecule has 1 heterocycles. The fraction of sp³-hybridized carbons (Fsp3) is 0.500. The first-order valence-corrected chi connectivity index (χ1v) is 2.71. The van der Waals surface area contributed by atoms with Crippen LogP contribution in [0.3, 0.4) is 0 Å². The maximum absolute atomic E-state index is 5.05. The molecule has 1 unspecified atom stereocenters. The van der Waals surface area contributed by atoms with Crippen molar-refractivity contribution in [1.29, 1.82) is 0 Å². The number of methoxy groups -OCH3 is 1. The van der Waals surface area contributed by atoms with E-state index in [2.05, 4.69) is 16.5 Å². The van der Waals surface area contributed by atoms with Crippen LogP contribution in [0.2, 0.25) is 0 Å². The molecule has 1 rings (SSSR count). The average molecular weight is 125 g/mol. The summed E-state index contributed by atoms with van der Waals surface area (Å²) < 4.78 is 5.05. The highest BCUT2D eigenvalue weighted by Gasteiger charge is 2.19. The highest BCUT2D eigenvalue weighted by atomic mass is 16.5. The van der Waals surface area contributed by atoms with Crippen molar-refractivity contribution < 1.29 is 4.74 Å². The van der Waals surface area contributed by atoms with Crippen LogP contribution in [-0.4, -0.2) is 19.0 Å². The van der Waals surface area contributed by atoms with Crippen LogP contribution in [0.4, 0.5) is 0 Å². The van der Waals surface area contributed by atoms with Gasteiger partial charge in [0, 0.05) is 13.3 Å². The highest BCUT2D eigenvalue weighted by molar-refractivity contribution is 5.68. The number of aliphatic imine (C=N–C) groups is 1. The quantitative estimate of drug-likeness (QED) is 0.546. The van der Waals surface area contributed by atoms with E-state index in [-0.39, 0.29) is 0 Å². The molecule has 0 aromatic carbocycles. The number of nitrogens with one attached hydrogen (secondary N) is 1. The summed E-state index contributed by atoms with van der Waals surface area (Å²) in [5.41, 5.74) is -0.439. The summed E-state index contributed by atoms with van der Waals surface area (Å²) >= 11 is 0. The van der Waals surface area contributed by atoms with Gasteiger partial charge in [-0.25, -0.2) is 0 Å². The van der Waals surface area contributed by atoms with Crippen LogP contribution in [0.1, 0.15) is 6.92 Å². The number of hydrogen-bond acceptors (Lipinski definition) is 3. The number of rotatable bonds is 1. The van der Waals surface area contributed by atoms with Crippen LogP contribution in [0.15, 0.2) is 11.2 Å². The number of ether oxygens (including phenoxy) is 1. The minimum Gasteiger partial charge on any atom is -0.357 e. The molecule has 1 aliphatic rings. The van der Waals surface area contributed by atoms with E-state index in [1.165, 1.54) is 0 Å². The molecule has 0 saturated carbocycles. The minimum absolute atomic E-state index is 0.439. The second-order valence-electron chi connectivity index (χ2n) is 1.99.